The van der Waals surface area contributed by atoms with Crippen LogP contribution < -0.4 is 9.46 Å². The van der Waals surface area contributed by atoms with E-state index in [1.165, 1.54) is 25.3 Å². The molecule has 0 saturated carbocycles. The summed E-state index contributed by atoms with van der Waals surface area (Å²) in [6.45, 7) is 0.205. The molecule has 0 amide bonds. The molecule has 220 valence electrons. The van der Waals surface area contributed by atoms with Gasteiger partial charge in [-0.3, -0.25) is 4.72 Å². The molecule has 1 atom stereocenters. The average molecular weight is 598 g/mol. The maximum Gasteiger partial charge on any atom is 0.338 e. The Bertz CT molecular complexity index is 1680. The van der Waals surface area contributed by atoms with Gasteiger partial charge in [0.15, 0.2) is 0 Å². The fourth-order valence-electron chi connectivity index (χ4n) is 3.97. The van der Waals surface area contributed by atoms with Crippen molar-refractivity contribution >= 4 is 39.8 Å². The minimum atomic E-state index is -3.75. The molecule has 0 aliphatic heterocycles. The number of benzene rings is 4. The Hall–Kier alpha value is -5.15. The smallest absolute Gasteiger partial charge is 0.338 e. The monoisotopic (exact) mass is 597 g/mol. The normalized spacial score (nSPS) is 12.1. The molecular formula is C34H31NO7S. The maximum absolute atomic E-state index is 12.9. The van der Waals surface area contributed by atoms with Crippen molar-refractivity contribution < 1.29 is 32.2 Å². The number of carbonyl (C=O) groups is 2. The number of sulfonamides is 1. The van der Waals surface area contributed by atoms with Gasteiger partial charge in [0, 0.05) is 23.7 Å². The van der Waals surface area contributed by atoms with E-state index in [1.807, 2.05) is 24.3 Å². The van der Waals surface area contributed by atoms with Crippen molar-refractivity contribution in [1.82, 2.24) is 0 Å². The number of hydrogen-bond donors (Lipinski definition) is 1. The number of esters is 2. The third-order valence-electron chi connectivity index (χ3n) is 6.14. The number of carbonyl (C=O) groups excluding carboxylic acids is 2. The highest BCUT2D eigenvalue weighted by molar-refractivity contribution is 7.92. The zero-order chi connectivity index (χ0) is 30.5. The number of rotatable bonds is 13. The second-order valence-corrected chi connectivity index (χ2v) is 10.9. The minimum absolute atomic E-state index is 0.159. The number of anilines is 1. The molecule has 0 aromatic heterocycles. The van der Waals surface area contributed by atoms with Crippen LogP contribution in [0.3, 0.4) is 0 Å². The molecule has 9 heteroatoms. The molecule has 0 bridgehead atoms. The van der Waals surface area contributed by atoms with Gasteiger partial charge in [0.05, 0.1) is 24.2 Å². The van der Waals surface area contributed by atoms with Gasteiger partial charge in [0.2, 0.25) is 0 Å². The van der Waals surface area contributed by atoms with E-state index in [4.69, 9.17) is 9.47 Å². The van der Waals surface area contributed by atoms with E-state index in [0.717, 1.165) is 0 Å². The van der Waals surface area contributed by atoms with E-state index >= 15 is 0 Å². The number of methoxy groups -OCH3 is 1. The molecular weight excluding hydrogens is 566 g/mol. The number of hydrogen-bond acceptors (Lipinski definition) is 7. The Morgan fingerprint density at radius 1 is 0.837 bits per heavy atom. The Labute approximate surface area is 251 Å². The van der Waals surface area contributed by atoms with Gasteiger partial charge in [-0.25, -0.2) is 18.0 Å². The van der Waals surface area contributed by atoms with Gasteiger partial charge < -0.3 is 14.2 Å². The summed E-state index contributed by atoms with van der Waals surface area (Å²) in [5, 5.41) is 0. The van der Waals surface area contributed by atoms with E-state index in [2.05, 4.69) is 9.46 Å². The SMILES string of the molecule is COC(=O)/C=C/c1ccccc1OCCC(/C=C/c1cccc(NS(=O)(=O)c2ccccc2)c1)OC(=O)c1ccccc1. The molecule has 0 saturated heterocycles. The fourth-order valence-corrected chi connectivity index (χ4v) is 5.04. The average Bonchev–Trinajstić information content (AvgIpc) is 3.03. The van der Waals surface area contributed by atoms with E-state index in [0.29, 0.717) is 34.5 Å². The van der Waals surface area contributed by atoms with E-state index in [1.54, 1.807) is 91.0 Å². The first-order valence-electron chi connectivity index (χ1n) is 13.4. The van der Waals surface area contributed by atoms with Crippen LogP contribution in [-0.2, 0) is 24.3 Å². The van der Waals surface area contributed by atoms with Crippen molar-refractivity contribution in [2.24, 2.45) is 0 Å². The predicted molar refractivity (Wildman–Crippen MR) is 166 cm³/mol. The summed E-state index contributed by atoms with van der Waals surface area (Å²) in [5.74, 6) is -0.413. The highest BCUT2D eigenvalue weighted by atomic mass is 32.2. The van der Waals surface area contributed by atoms with Crippen molar-refractivity contribution in [3.05, 3.63) is 138 Å². The summed E-state index contributed by atoms with van der Waals surface area (Å²) < 4.78 is 44.5. The topological polar surface area (TPSA) is 108 Å². The summed E-state index contributed by atoms with van der Waals surface area (Å²) in [7, 11) is -2.45. The van der Waals surface area contributed by atoms with Gasteiger partial charge in [-0.05, 0) is 60.2 Å². The third-order valence-corrected chi connectivity index (χ3v) is 7.54. The minimum Gasteiger partial charge on any atom is -0.493 e. The number of nitrogens with one attached hydrogen (secondary N) is 1. The summed E-state index contributed by atoms with van der Waals surface area (Å²) in [4.78, 5) is 24.5. The lowest BCUT2D eigenvalue weighted by Gasteiger charge is -2.16. The number of ether oxygens (including phenoxy) is 3. The highest BCUT2D eigenvalue weighted by Gasteiger charge is 2.16. The zero-order valence-electron chi connectivity index (χ0n) is 23.5. The van der Waals surface area contributed by atoms with Gasteiger partial charge in [-0.1, -0.05) is 72.8 Å². The van der Waals surface area contributed by atoms with Crippen LogP contribution in [0, 0.1) is 0 Å². The molecule has 1 unspecified atom stereocenters. The molecule has 0 aliphatic carbocycles. The summed E-state index contributed by atoms with van der Waals surface area (Å²) in [5.41, 5.74) is 2.20. The first-order chi connectivity index (χ1) is 20.8. The molecule has 4 aromatic rings. The molecule has 0 spiro atoms. The summed E-state index contributed by atoms with van der Waals surface area (Å²) in [6, 6.07) is 30.9. The second-order valence-electron chi connectivity index (χ2n) is 9.24. The van der Waals surface area contributed by atoms with Crippen molar-refractivity contribution in [3.8, 4) is 5.75 Å². The van der Waals surface area contributed by atoms with Crippen LogP contribution in [0.25, 0.3) is 12.2 Å². The quantitative estimate of drug-likeness (QED) is 0.141. The van der Waals surface area contributed by atoms with Gasteiger partial charge in [-0.2, -0.15) is 0 Å². The van der Waals surface area contributed by atoms with Gasteiger partial charge in [-0.15, -0.1) is 0 Å². The van der Waals surface area contributed by atoms with Crippen molar-refractivity contribution in [2.75, 3.05) is 18.4 Å². The highest BCUT2D eigenvalue weighted by Crippen LogP contribution is 2.21. The molecule has 1 N–H and O–H groups in total. The van der Waals surface area contributed by atoms with Crippen LogP contribution >= 0.6 is 0 Å². The Kier molecular flexibility index (Phi) is 10.9. The molecule has 8 nitrogen and oxygen atoms in total. The Morgan fingerprint density at radius 2 is 1.53 bits per heavy atom. The van der Waals surface area contributed by atoms with Crippen LogP contribution in [0.5, 0.6) is 5.75 Å². The molecule has 43 heavy (non-hydrogen) atoms. The van der Waals surface area contributed by atoms with Crippen LogP contribution in [0.4, 0.5) is 5.69 Å². The Balaban J connectivity index is 1.48. The first kappa shape index (κ1) is 30.8. The summed E-state index contributed by atoms with van der Waals surface area (Å²) in [6.07, 6.45) is 6.07. The lowest BCUT2D eigenvalue weighted by atomic mass is 10.1. The third kappa shape index (κ3) is 9.44. The van der Waals surface area contributed by atoms with E-state index < -0.39 is 28.1 Å². The van der Waals surface area contributed by atoms with Gasteiger partial charge in [0.1, 0.15) is 11.9 Å². The van der Waals surface area contributed by atoms with E-state index in [-0.39, 0.29) is 11.5 Å². The lowest BCUT2D eigenvalue weighted by Crippen LogP contribution is -2.19. The molecule has 0 fully saturated rings. The van der Waals surface area contributed by atoms with Crippen LogP contribution in [-0.4, -0.2) is 40.2 Å². The molecule has 0 radical (unpaired) electrons. The van der Waals surface area contributed by atoms with E-state index in [9.17, 15) is 18.0 Å². The van der Waals surface area contributed by atoms with Crippen molar-refractivity contribution in [3.63, 3.8) is 0 Å². The molecule has 4 rings (SSSR count). The predicted octanol–water partition coefficient (Wildman–Crippen LogP) is 6.38. The fraction of sp³-hybridized carbons (Fsp3) is 0.118. The molecule has 0 aliphatic rings. The van der Waals surface area contributed by atoms with Crippen molar-refractivity contribution in [2.45, 2.75) is 17.4 Å². The Morgan fingerprint density at radius 3 is 2.28 bits per heavy atom. The molecule has 0 heterocycles. The van der Waals surface area contributed by atoms with Gasteiger partial charge in [0.25, 0.3) is 10.0 Å². The zero-order valence-corrected chi connectivity index (χ0v) is 24.3. The maximum atomic E-state index is 12.9. The van der Waals surface area contributed by atoms with Gasteiger partial charge >= 0.3 is 11.9 Å². The van der Waals surface area contributed by atoms with Crippen LogP contribution in [0.2, 0.25) is 0 Å². The largest absolute Gasteiger partial charge is 0.493 e. The number of para-hydroxylation sites is 1. The lowest BCUT2D eigenvalue weighted by molar-refractivity contribution is -0.134. The second kappa shape index (κ2) is 15.2. The van der Waals surface area contributed by atoms with Crippen LogP contribution in [0.15, 0.2) is 126 Å². The summed E-state index contributed by atoms with van der Waals surface area (Å²) >= 11 is 0. The van der Waals surface area contributed by atoms with Crippen molar-refractivity contribution in [1.29, 1.82) is 0 Å². The van der Waals surface area contributed by atoms with Crippen LogP contribution in [0.1, 0.15) is 27.9 Å². The first-order valence-corrected chi connectivity index (χ1v) is 14.9. The molecule has 4 aromatic carbocycles. The standard InChI is InChI=1S/C34H31NO7S/c1-40-33(36)22-20-27-12-8-9-18-32(27)41-24-23-30(42-34(37)28-13-4-2-5-14-28)21-19-26-11-10-15-29(25-26)35-43(38,39)31-16-6-3-7-17-31/h2-22,25,30,35H,23-24H2,1H3/b21-19+,22-20+.